The summed E-state index contributed by atoms with van der Waals surface area (Å²) < 4.78 is 32.4. The number of ether oxygens (including phenoxy) is 1. The van der Waals surface area contributed by atoms with Crippen LogP contribution in [0, 0.1) is 41.4 Å². The topological polar surface area (TPSA) is 127 Å². The first-order chi connectivity index (χ1) is 38.6. The Hall–Kier alpha value is -4.55. The summed E-state index contributed by atoms with van der Waals surface area (Å²) in [5.41, 5.74) is 7.35. The maximum Gasteiger partial charge on any atom is 0.494 e. The van der Waals surface area contributed by atoms with Gasteiger partial charge in [-0.1, -0.05) is 91.3 Å². The third-order valence-electron chi connectivity index (χ3n) is 23.2. The van der Waals surface area contributed by atoms with Gasteiger partial charge in [0.05, 0.1) is 35.1 Å². The van der Waals surface area contributed by atoms with Gasteiger partial charge in [0.1, 0.15) is 24.6 Å². The quantitative estimate of drug-likeness (QED) is 0.0836. The minimum atomic E-state index is -1.10. The number of hydrogen-bond acceptors (Lipinski definition) is 9. The molecule has 81 heavy (non-hydrogen) atoms. The van der Waals surface area contributed by atoms with Crippen molar-refractivity contribution in [1.29, 1.82) is 0 Å². The van der Waals surface area contributed by atoms with Gasteiger partial charge in [0.15, 0.2) is 0 Å². The van der Waals surface area contributed by atoms with E-state index in [0.29, 0.717) is 29.4 Å². The van der Waals surface area contributed by atoms with Gasteiger partial charge in [-0.2, -0.15) is 0 Å². The first-order valence-corrected chi connectivity index (χ1v) is 31.0. The molecule has 2 heterocycles. The molecule has 7 aliphatic carbocycles. The molecule has 6 aromatic rings. The summed E-state index contributed by atoms with van der Waals surface area (Å²) in [5, 5.41) is 52.2. The van der Waals surface area contributed by atoms with Gasteiger partial charge in [-0.15, -0.1) is 0 Å². The van der Waals surface area contributed by atoms with Crippen LogP contribution in [0.1, 0.15) is 155 Å². The van der Waals surface area contributed by atoms with Gasteiger partial charge in [-0.3, -0.25) is 0 Å². The molecule has 7 saturated carbocycles. The minimum absolute atomic E-state index is 0.0492. The molecule has 10 atom stereocenters. The number of hydrogen-bond donors (Lipinski definition) is 4. The van der Waals surface area contributed by atoms with Crippen molar-refractivity contribution in [3.8, 4) is 28.0 Å². The largest absolute Gasteiger partial charge is 0.494 e. The standard InChI is InChI=1S/C70H84B2O9/c1-65(2)66(3,4)79-71(78-65)55-19-15-47-29-45(11-13-49(47)31-55)51-17-21-58(59(33-51)69-24-23-44-10-9-41(35-69)26-54(44)38-69)63(75)64(76)62-53-27-42-25-43(28-53)37-70(62,36-42)60-34-52(18-22-61(60)77-40-57(74)39-73)46-12-14-50-32-56(20-16-48(50)30-46)72-80-67(5,6)68(7,8)81-72/h11-22,29-34,41-44,53-54,57,62-64,73-76H,9-10,23-28,35-40H2,1-8H3. The monoisotopic (exact) mass is 1090 g/mol. The smallest absolute Gasteiger partial charge is 0.490 e. The molecule has 6 aromatic carbocycles. The molecule has 424 valence electrons. The Balaban J connectivity index is 0.830. The summed E-state index contributed by atoms with van der Waals surface area (Å²) in [4.78, 5) is 0. The Morgan fingerprint density at radius 2 is 1.01 bits per heavy atom. The van der Waals surface area contributed by atoms with E-state index in [2.05, 4.69) is 165 Å². The van der Waals surface area contributed by atoms with E-state index >= 15 is 0 Å². The highest BCUT2D eigenvalue weighted by atomic mass is 16.7. The predicted molar refractivity (Wildman–Crippen MR) is 323 cm³/mol. The van der Waals surface area contributed by atoms with Crippen LogP contribution in [-0.2, 0) is 29.4 Å². The van der Waals surface area contributed by atoms with E-state index in [-0.39, 0.29) is 23.9 Å². The van der Waals surface area contributed by atoms with E-state index in [1.165, 1.54) is 37.7 Å². The van der Waals surface area contributed by atoms with Gasteiger partial charge in [0, 0.05) is 16.9 Å². The second-order valence-corrected chi connectivity index (χ2v) is 29.1. The van der Waals surface area contributed by atoms with Crippen LogP contribution in [0.4, 0.5) is 0 Å². The van der Waals surface area contributed by atoms with Crippen molar-refractivity contribution in [3.05, 3.63) is 126 Å². The lowest BCUT2D eigenvalue weighted by Gasteiger charge is -2.63. The number of fused-ring (bicyclic) bond motifs is 4. The molecule has 2 saturated heterocycles. The third kappa shape index (κ3) is 9.10. The molecule has 0 spiro atoms. The van der Waals surface area contributed by atoms with Gasteiger partial charge >= 0.3 is 14.2 Å². The zero-order chi connectivity index (χ0) is 56.2. The van der Waals surface area contributed by atoms with Crippen molar-refractivity contribution in [2.45, 2.75) is 184 Å². The zero-order valence-corrected chi connectivity index (χ0v) is 49.1. The lowest BCUT2D eigenvalue weighted by Crippen LogP contribution is -2.59. The molecule has 4 N–H and O–H groups in total. The third-order valence-corrected chi connectivity index (χ3v) is 23.2. The highest BCUT2D eigenvalue weighted by Crippen LogP contribution is 2.67. The normalized spacial score (nSPS) is 32.2. The van der Waals surface area contributed by atoms with Crippen LogP contribution in [0.25, 0.3) is 43.8 Å². The maximum absolute atomic E-state index is 13.6. The van der Waals surface area contributed by atoms with Crippen LogP contribution in [-0.4, -0.2) is 82.5 Å². The second kappa shape index (κ2) is 19.5. The second-order valence-electron chi connectivity index (χ2n) is 29.1. The van der Waals surface area contributed by atoms with E-state index in [9.17, 15) is 20.4 Å². The molecule has 15 rings (SSSR count). The van der Waals surface area contributed by atoms with Crippen molar-refractivity contribution in [2.24, 2.45) is 41.4 Å². The van der Waals surface area contributed by atoms with E-state index in [1.807, 2.05) is 0 Å². The summed E-state index contributed by atoms with van der Waals surface area (Å²) in [7, 11) is -0.880. The van der Waals surface area contributed by atoms with Crippen LogP contribution in [0.3, 0.4) is 0 Å². The first-order valence-electron chi connectivity index (χ1n) is 31.0. The van der Waals surface area contributed by atoms with Crippen molar-refractivity contribution in [2.75, 3.05) is 13.2 Å². The Morgan fingerprint density at radius 1 is 0.506 bits per heavy atom. The number of benzene rings is 6. The molecule has 10 unspecified atom stereocenters. The molecule has 0 amide bonds. The van der Waals surface area contributed by atoms with Gasteiger partial charge in [-0.25, -0.2) is 0 Å². The Morgan fingerprint density at radius 3 is 1.59 bits per heavy atom. The summed E-state index contributed by atoms with van der Waals surface area (Å²) in [6, 6.07) is 39.7. The van der Waals surface area contributed by atoms with Gasteiger partial charge in [0.25, 0.3) is 0 Å². The lowest BCUT2D eigenvalue weighted by molar-refractivity contribution is -0.141. The van der Waals surface area contributed by atoms with Crippen molar-refractivity contribution >= 4 is 46.7 Å². The van der Waals surface area contributed by atoms with E-state index in [4.69, 9.17) is 23.4 Å². The highest BCUT2D eigenvalue weighted by Gasteiger charge is 2.62. The fourth-order valence-electron chi connectivity index (χ4n) is 17.9. The van der Waals surface area contributed by atoms with Crippen molar-refractivity contribution in [1.82, 2.24) is 0 Å². The van der Waals surface area contributed by atoms with E-state index in [0.717, 1.165) is 117 Å². The summed E-state index contributed by atoms with van der Waals surface area (Å²) in [5.74, 6) is 3.85. The van der Waals surface area contributed by atoms with E-state index in [1.54, 1.807) is 0 Å². The average Bonchev–Trinajstić information content (AvgIpc) is 3.51. The fourth-order valence-corrected chi connectivity index (χ4v) is 17.9. The van der Waals surface area contributed by atoms with Gasteiger partial charge in [-0.05, 0) is 257 Å². The molecule has 0 radical (unpaired) electrons. The Bertz CT molecular complexity index is 3370. The number of rotatable bonds is 13. The van der Waals surface area contributed by atoms with Crippen molar-refractivity contribution in [3.63, 3.8) is 0 Å². The molecule has 11 heteroatoms. The van der Waals surface area contributed by atoms with Crippen LogP contribution in [0.2, 0.25) is 0 Å². The van der Waals surface area contributed by atoms with Gasteiger partial charge < -0.3 is 43.8 Å². The summed E-state index contributed by atoms with van der Waals surface area (Å²) >= 11 is 0. The zero-order valence-electron chi connectivity index (χ0n) is 49.1. The number of aliphatic hydroxyl groups is 4. The van der Waals surface area contributed by atoms with Crippen LogP contribution >= 0.6 is 0 Å². The van der Waals surface area contributed by atoms with E-state index < -0.39 is 67.0 Å². The van der Waals surface area contributed by atoms with Gasteiger partial charge in [0.2, 0.25) is 0 Å². The van der Waals surface area contributed by atoms with Crippen LogP contribution in [0.15, 0.2) is 109 Å². The molecule has 7 bridgehead atoms. The molecule has 9 aliphatic rings. The number of aliphatic hydroxyl groups excluding tert-OH is 4. The predicted octanol–water partition coefficient (Wildman–Crippen LogP) is 12.3. The summed E-state index contributed by atoms with van der Waals surface area (Å²) in [6.07, 6.45) is 10.5. The van der Waals surface area contributed by atoms with Crippen LogP contribution < -0.4 is 15.7 Å². The Labute approximate surface area is 480 Å². The molecule has 0 aromatic heterocycles. The molecular weight excluding hydrogens is 1010 g/mol. The minimum Gasteiger partial charge on any atom is -0.490 e. The highest BCUT2D eigenvalue weighted by molar-refractivity contribution is 6.63. The molecule has 9 nitrogen and oxygen atoms in total. The SMILES string of the molecule is CC1(C)OB(c2ccc3cc(-c4ccc(C(O)C(O)C5C6CC7CC(C6)CC5(c5cc(-c6ccc8cc(B9OC(C)(C)C(C)(C)O9)ccc8c6)ccc5OCC(O)CO)C7)c(C56CCC7CCC(CC7C5)C6)c4)ccc3c2)OC1(C)C. The average molecular weight is 1090 g/mol. The lowest BCUT2D eigenvalue weighted by atomic mass is 9.42. The Kier molecular flexibility index (Phi) is 13.1. The maximum atomic E-state index is 13.6. The van der Waals surface area contributed by atoms with Crippen molar-refractivity contribution < 1.29 is 43.8 Å². The first kappa shape index (κ1) is 54.4. The molecule has 9 fully saturated rings. The molecular formula is C70H84B2O9. The summed E-state index contributed by atoms with van der Waals surface area (Å²) in [6.45, 7) is 16.3. The molecule has 2 aliphatic heterocycles. The van der Waals surface area contributed by atoms with Crippen LogP contribution in [0.5, 0.6) is 5.75 Å². The fraction of sp³-hybridized carbons (Fsp3) is 0.543.